The summed E-state index contributed by atoms with van der Waals surface area (Å²) in [5.74, 6) is 0. The van der Waals surface area contributed by atoms with Crippen LogP contribution < -0.4 is 10.6 Å². The highest BCUT2D eigenvalue weighted by Gasteiger charge is 2.28. The van der Waals surface area contributed by atoms with Crippen LogP contribution in [0.4, 0.5) is 11.4 Å². The van der Waals surface area contributed by atoms with Crippen molar-refractivity contribution in [3.8, 4) is 0 Å². The molecular weight excluding hydrogens is 220 g/mol. The number of nitrogens with one attached hydrogen (secondary N) is 2. The minimum Gasteiger partial charge on any atom is -0.383 e. The van der Waals surface area contributed by atoms with E-state index in [1.54, 1.807) is 0 Å². The number of hydrogen-bond acceptors (Lipinski definition) is 2. The van der Waals surface area contributed by atoms with E-state index in [-0.39, 0.29) is 0 Å². The molecule has 2 rings (SSSR count). The smallest absolute Gasteiger partial charge is 0.0591 e. The molecule has 16 heavy (non-hydrogen) atoms. The summed E-state index contributed by atoms with van der Waals surface area (Å²) in [5.41, 5.74) is 2.63. The summed E-state index contributed by atoms with van der Waals surface area (Å²) in [6.45, 7) is 6.56. The monoisotopic (exact) mass is 238 g/mol. The Hall–Kier alpha value is -0.890. The summed E-state index contributed by atoms with van der Waals surface area (Å²) < 4.78 is 0. The third-order valence-electron chi connectivity index (χ3n) is 3.79. The summed E-state index contributed by atoms with van der Waals surface area (Å²) in [5, 5.41) is 7.82. The molecule has 0 saturated heterocycles. The lowest BCUT2D eigenvalue weighted by Crippen LogP contribution is -2.33. The van der Waals surface area contributed by atoms with E-state index in [0.29, 0.717) is 5.41 Å². The Morgan fingerprint density at radius 3 is 2.38 bits per heavy atom. The van der Waals surface area contributed by atoms with Crippen LogP contribution in [-0.2, 0) is 0 Å². The van der Waals surface area contributed by atoms with Crippen molar-refractivity contribution in [2.24, 2.45) is 5.41 Å². The van der Waals surface area contributed by atoms with E-state index in [1.165, 1.54) is 12.8 Å². The average molecular weight is 239 g/mol. The van der Waals surface area contributed by atoms with E-state index in [0.717, 1.165) is 29.5 Å². The highest BCUT2D eigenvalue weighted by molar-refractivity contribution is 6.31. The van der Waals surface area contributed by atoms with E-state index >= 15 is 0 Å². The predicted molar refractivity (Wildman–Crippen MR) is 71.4 cm³/mol. The molecule has 88 valence electrons. The van der Waals surface area contributed by atoms with Gasteiger partial charge in [0.1, 0.15) is 0 Å². The Labute approximate surface area is 102 Å². The van der Waals surface area contributed by atoms with Crippen molar-refractivity contribution in [3.05, 3.63) is 23.2 Å². The van der Waals surface area contributed by atoms with Gasteiger partial charge >= 0.3 is 0 Å². The summed E-state index contributed by atoms with van der Waals surface area (Å²) >= 11 is 6.00. The first kappa shape index (κ1) is 11.6. The predicted octanol–water partition coefficient (Wildman–Crippen LogP) is 3.98. The van der Waals surface area contributed by atoms with Gasteiger partial charge in [-0.1, -0.05) is 25.4 Å². The number of rotatable bonds is 2. The van der Waals surface area contributed by atoms with Crippen LogP contribution in [-0.4, -0.2) is 13.1 Å². The third kappa shape index (κ3) is 2.12. The number of anilines is 2. The number of benzene rings is 1. The maximum absolute atomic E-state index is 6.00. The zero-order valence-electron chi connectivity index (χ0n) is 9.94. The van der Waals surface area contributed by atoms with Crippen LogP contribution in [0.15, 0.2) is 18.2 Å². The molecule has 0 aliphatic carbocycles. The molecule has 2 N–H and O–H groups in total. The number of hydrogen-bond donors (Lipinski definition) is 2. The lowest BCUT2D eigenvalue weighted by Gasteiger charge is -2.30. The molecule has 1 aliphatic heterocycles. The van der Waals surface area contributed by atoms with Gasteiger partial charge in [0.2, 0.25) is 0 Å². The molecule has 0 spiro atoms. The van der Waals surface area contributed by atoms with Gasteiger partial charge in [-0.25, -0.2) is 0 Å². The first-order valence-electron chi connectivity index (χ1n) is 5.96. The molecule has 1 aromatic carbocycles. The zero-order valence-corrected chi connectivity index (χ0v) is 10.7. The first-order chi connectivity index (χ1) is 7.69. The summed E-state index contributed by atoms with van der Waals surface area (Å²) in [7, 11) is 0. The maximum Gasteiger partial charge on any atom is 0.0591 e. The molecular formula is C13H19ClN2. The van der Waals surface area contributed by atoms with Crippen LogP contribution in [0.2, 0.25) is 5.02 Å². The van der Waals surface area contributed by atoms with Crippen molar-refractivity contribution >= 4 is 23.0 Å². The minimum atomic E-state index is 0.353. The Balaban J connectivity index is 2.24. The van der Waals surface area contributed by atoms with Crippen LogP contribution in [0, 0.1) is 5.41 Å². The maximum atomic E-state index is 6.00. The first-order valence-corrected chi connectivity index (χ1v) is 6.34. The van der Waals surface area contributed by atoms with Crippen molar-refractivity contribution < 1.29 is 0 Å². The van der Waals surface area contributed by atoms with Crippen LogP contribution in [0.3, 0.4) is 0 Å². The lowest BCUT2D eigenvalue weighted by molar-refractivity contribution is 0.307. The molecule has 0 atom stereocenters. The van der Waals surface area contributed by atoms with Gasteiger partial charge < -0.3 is 10.6 Å². The Kier molecular flexibility index (Phi) is 3.29. The van der Waals surface area contributed by atoms with Crippen LogP contribution in [0.5, 0.6) is 0 Å². The molecule has 0 amide bonds. The summed E-state index contributed by atoms with van der Waals surface area (Å²) in [4.78, 5) is 0. The second-order valence-corrected chi connectivity index (χ2v) is 5.04. The number of fused-ring (bicyclic) bond motifs is 1. The molecule has 3 heteroatoms. The van der Waals surface area contributed by atoms with Gasteiger partial charge in [0.15, 0.2) is 0 Å². The molecule has 0 unspecified atom stereocenters. The number of halogens is 1. The molecule has 0 saturated carbocycles. The van der Waals surface area contributed by atoms with E-state index in [9.17, 15) is 0 Å². The fourth-order valence-corrected chi connectivity index (χ4v) is 2.37. The fraction of sp³-hybridized carbons (Fsp3) is 0.538. The summed E-state index contributed by atoms with van der Waals surface area (Å²) in [6, 6.07) is 5.97. The van der Waals surface area contributed by atoms with Crippen LogP contribution in [0.1, 0.15) is 26.7 Å². The largest absolute Gasteiger partial charge is 0.383 e. The van der Waals surface area contributed by atoms with Crippen LogP contribution >= 0.6 is 11.6 Å². The Morgan fingerprint density at radius 1 is 1.12 bits per heavy atom. The van der Waals surface area contributed by atoms with Gasteiger partial charge in [-0.3, -0.25) is 0 Å². The molecule has 0 fully saturated rings. The zero-order chi connectivity index (χ0) is 11.6. The topological polar surface area (TPSA) is 24.1 Å². The fourth-order valence-electron chi connectivity index (χ4n) is 2.19. The van der Waals surface area contributed by atoms with Crippen molar-refractivity contribution in [1.82, 2.24) is 0 Å². The second-order valence-electron chi connectivity index (χ2n) is 4.60. The molecule has 0 radical (unpaired) electrons. The normalized spacial score (nSPS) is 17.9. The Morgan fingerprint density at radius 2 is 1.75 bits per heavy atom. The SMILES string of the molecule is CCC1(CC)CNc2ccc(Cl)cc2NC1. The molecule has 0 aromatic heterocycles. The van der Waals surface area contributed by atoms with Crippen molar-refractivity contribution in [2.75, 3.05) is 23.7 Å². The highest BCUT2D eigenvalue weighted by Crippen LogP contribution is 2.34. The molecule has 1 heterocycles. The van der Waals surface area contributed by atoms with Gasteiger partial charge in [-0.15, -0.1) is 0 Å². The van der Waals surface area contributed by atoms with E-state index in [1.807, 2.05) is 18.2 Å². The van der Waals surface area contributed by atoms with Gasteiger partial charge in [0.25, 0.3) is 0 Å². The Bertz CT molecular complexity index is 372. The van der Waals surface area contributed by atoms with Gasteiger partial charge in [-0.2, -0.15) is 0 Å². The van der Waals surface area contributed by atoms with Gasteiger partial charge in [0.05, 0.1) is 11.4 Å². The standard InChI is InChI=1S/C13H19ClN2/c1-3-13(4-2)8-15-11-6-5-10(14)7-12(11)16-9-13/h5-7,15-16H,3-4,8-9H2,1-2H3. The van der Waals surface area contributed by atoms with Crippen molar-refractivity contribution in [1.29, 1.82) is 0 Å². The van der Waals surface area contributed by atoms with E-state index in [2.05, 4.69) is 24.5 Å². The van der Waals surface area contributed by atoms with Gasteiger partial charge in [0, 0.05) is 23.5 Å². The van der Waals surface area contributed by atoms with Crippen molar-refractivity contribution in [3.63, 3.8) is 0 Å². The molecule has 1 aromatic rings. The van der Waals surface area contributed by atoms with E-state index in [4.69, 9.17) is 11.6 Å². The highest BCUT2D eigenvalue weighted by atomic mass is 35.5. The molecule has 1 aliphatic rings. The van der Waals surface area contributed by atoms with Crippen molar-refractivity contribution in [2.45, 2.75) is 26.7 Å². The van der Waals surface area contributed by atoms with E-state index < -0.39 is 0 Å². The quantitative estimate of drug-likeness (QED) is 0.814. The summed E-state index contributed by atoms with van der Waals surface area (Å²) in [6.07, 6.45) is 2.37. The molecule has 0 bridgehead atoms. The lowest BCUT2D eigenvalue weighted by atomic mass is 9.82. The second kappa shape index (κ2) is 4.54. The average Bonchev–Trinajstić information content (AvgIpc) is 2.49. The third-order valence-corrected chi connectivity index (χ3v) is 4.02. The minimum absolute atomic E-state index is 0.353. The van der Waals surface area contributed by atoms with Crippen LogP contribution in [0.25, 0.3) is 0 Å². The van der Waals surface area contributed by atoms with Gasteiger partial charge in [-0.05, 0) is 31.0 Å². The molecule has 2 nitrogen and oxygen atoms in total.